The van der Waals surface area contributed by atoms with Gasteiger partial charge in [-0.3, -0.25) is 0 Å². The van der Waals surface area contributed by atoms with Crippen molar-refractivity contribution < 1.29 is 4.39 Å². The summed E-state index contributed by atoms with van der Waals surface area (Å²) >= 11 is 0. The van der Waals surface area contributed by atoms with Crippen LogP contribution in [-0.2, 0) is 0 Å². The number of halogens is 1. The van der Waals surface area contributed by atoms with Gasteiger partial charge in [-0.25, -0.2) is 4.39 Å². The Labute approximate surface area is 180 Å². The minimum absolute atomic E-state index is 0.150. The highest BCUT2D eigenvalue weighted by atomic mass is 19.1. The van der Waals surface area contributed by atoms with Crippen molar-refractivity contribution >= 4 is 0 Å². The molecule has 1 heteroatoms. The standard InChI is InChI=1S/C28H47F/c1-18(2)8-7-9-19(3)23-12-13-24-22-11-10-21-16-20(4)26(29)17-28(21,6)25(22)14-15-27(23,24)5/h10,18-20,22-26H,7-9,11-17H2,1-6H3. The largest absolute Gasteiger partial charge is 0.247 e. The average molecular weight is 403 g/mol. The molecule has 4 aliphatic rings. The summed E-state index contributed by atoms with van der Waals surface area (Å²) in [6.07, 6.45) is 14.9. The van der Waals surface area contributed by atoms with Crippen molar-refractivity contribution in [2.24, 2.45) is 52.3 Å². The number of hydrogen-bond donors (Lipinski definition) is 0. The van der Waals surface area contributed by atoms with E-state index in [0.717, 1.165) is 48.3 Å². The van der Waals surface area contributed by atoms with E-state index in [1.807, 2.05) is 0 Å². The van der Waals surface area contributed by atoms with Crippen LogP contribution in [0.3, 0.4) is 0 Å². The lowest BCUT2D eigenvalue weighted by Crippen LogP contribution is -2.51. The second kappa shape index (κ2) is 7.98. The van der Waals surface area contributed by atoms with E-state index in [1.165, 1.54) is 51.4 Å². The summed E-state index contributed by atoms with van der Waals surface area (Å²) in [6.45, 7) is 14.5. The van der Waals surface area contributed by atoms with Crippen LogP contribution in [0.1, 0.15) is 106 Å². The Bertz CT molecular complexity index is 620. The van der Waals surface area contributed by atoms with Crippen LogP contribution in [0.15, 0.2) is 11.6 Å². The highest BCUT2D eigenvalue weighted by Gasteiger charge is 2.59. The smallest absolute Gasteiger partial charge is 0.104 e. The summed E-state index contributed by atoms with van der Waals surface area (Å²) in [6, 6.07) is 0. The molecule has 3 saturated carbocycles. The Kier molecular flexibility index (Phi) is 6.02. The Morgan fingerprint density at radius 2 is 1.83 bits per heavy atom. The van der Waals surface area contributed by atoms with E-state index in [2.05, 4.69) is 47.6 Å². The molecule has 166 valence electrons. The fourth-order valence-corrected chi connectivity index (χ4v) is 8.86. The summed E-state index contributed by atoms with van der Waals surface area (Å²) in [5.74, 6) is 5.28. The average Bonchev–Trinajstić information content (AvgIpc) is 3.00. The lowest BCUT2D eigenvalue weighted by molar-refractivity contribution is -0.0617. The predicted octanol–water partition coefficient (Wildman–Crippen LogP) is 8.61. The number of fused-ring (bicyclic) bond motifs is 5. The molecule has 0 N–H and O–H groups in total. The van der Waals surface area contributed by atoms with Crippen LogP contribution in [-0.4, -0.2) is 6.17 Å². The molecule has 9 atom stereocenters. The third-order valence-corrected chi connectivity index (χ3v) is 10.6. The third kappa shape index (κ3) is 3.65. The molecule has 0 heterocycles. The highest BCUT2D eigenvalue weighted by Crippen LogP contribution is 2.67. The summed E-state index contributed by atoms with van der Waals surface area (Å²) in [5.41, 5.74) is 2.31. The molecule has 9 unspecified atom stereocenters. The van der Waals surface area contributed by atoms with Gasteiger partial charge in [-0.05, 0) is 97.2 Å². The second-order valence-electron chi connectivity index (χ2n) is 12.7. The molecular formula is C28H47F. The van der Waals surface area contributed by atoms with Gasteiger partial charge in [0, 0.05) is 0 Å². The summed E-state index contributed by atoms with van der Waals surface area (Å²) in [5, 5.41) is 0. The highest BCUT2D eigenvalue weighted by molar-refractivity contribution is 5.26. The molecule has 0 spiro atoms. The molecule has 0 bridgehead atoms. The number of hydrogen-bond acceptors (Lipinski definition) is 0. The number of rotatable bonds is 5. The molecule has 0 aliphatic heterocycles. The van der Waals surface area contributed by atoms with Crippen LogP contribution in [0, 0.1) is 52.3 Å². The van der Waals surface area contributed by atoms with Gasteiger partial charge in [-0.1, -0.05) is 72.5 Å². The fourth-order valence-electron chi connectivity index (χ4n) is 8.86. The monoisotopic (exact) mass is 402 g/mol. The van der Waals surface area contributed by atoms with Crippen molar-refractivity contribution in [2.45, 2.75) is 112 Å². The van der Waals surface area contributed by atoms with Crippen molar-refractivity contribution in [3.63, 3.8) is 0 Å². The quantitative estimate of drug-likeness (QED) is 0.404. The van der Waals surface area contributed by atoms with Crippen molar-refractivity contribution in [2.75, 3.05) is 0 Å². The van der Waals surface area contributed by atoms with Crippen LogP contribution in [0.5, 0.6) is 0 Å². The molecular weight excluding hydrogens is 355 g/mol. The van der Waals surface area contributed by atoms with E-state index >= 15 is 0 Å². The number of alkyl halides is 1. The van der Waals surface area contributed by atoms with Crippen LogP contribution in [0.4, 0.5) is 4.39 Å². The van der Waals surface area contributed by atoms with Crippen molar-refractivity contribution in [3.05, 3.63) is 11.6 Å². The molecule has 0 aromatic heterocycles. The van der Waals surface area contributed by atoms with Gasteiger partial charge < -0.3 is 0 Å². The van der Waals surface area contributed by atoms with Crippen LogP contribution < -0.4 is 0 Å². The first-order valence-corrected chi connectivity index (χ1v) is 13.0. The maximum Gasteiger partial charge on any atom is 0.104 e. The molecule has 0 aromatic carbocycles. The summed E-state index contributed by atoms with van der Waals surface area (Å²) in [4.78, 5) is 0. The molecule has 0 radical (unpaired) electrons. The van der Waals surface area contributed by atoms with E-state index in [0.29, 0.717) is 5.41 Å². The van der Waals surface area contributed by atoms with E-state index in [1.54, 1.807) is 5.57 Å². The van der Waals surface area contributed by atoms with Gasteiger partial charge in [0.1, 0.15) is 6.17 Å². The minimum Gasteiger partial charge on any atom is -0.247 e. The lowest BCUT2D eigenvalue weighted by Gasteiger charge is -2.59. The van der Waals surface area contributed by atoms with E-state index < -0.39 is 6.17 Å². The zero-order valence-electron chi connectivity index (χ0n) is 20.1. The maximum absolute atomic E-state index is 14.8. The molecule has 29 heavy (non-hydrogen) atoms. The first-order valence-electron chi connectivity index (χ1n) is 13.0. The Hall–Kier alpha value is -0.330. The Balaban J connectivity index is 1.50. The van der Waals surface area contributed by atoms with Gasteiger partial charge in [0.05, 0.1) is 0 Å². The molecule has 0 saturated heterocycles. The zero-order valence-corrected chi connectivity index (χ0v) is 20.1. The SMILES string of the molecule is CC(C)CCCC(C)C1CCC2C3CC=C4CC(C)C(F)CC4(C)C3CCC12C. The number of allylic oxidation sites excluding steroid dienone is 2. The first kappa shape index (κ1) is 21.9. The van der Waals surface area contributed by atoms with Gasteiger partial charge in [-0.2, -0.15) is 0 Å². The minimum atomic E-state index is -0.596. The van der Waals surface area contributed by atoms with Crippen molar-refractivity contribution in [1.29, 1.82) is 0 Å². The van der Waals surface area contributed by atoms with Gasteiger partial charge in [-0.15, -0.1) is 0 Å². The Morgan fingerprint density at radius 3 is 2.55 bits per heavy atom. The van der Waals surface area contributed by atoms with E-state index in [9.17, 15) is 4.39 Å². The normalized spacial score (nSPS) is 47.9. The molecule has 0 aromatic rings. The fraction of sp³-hybridized carbons (Fsp3) is 0.929. The van der Waals surface area contributed by atoms with Crippen molar-refractivity contribution in [3.8, 4) is 0 Å². The van der Waals surface area contributed by atoms with Crippen molar-refractivity contribution in [1.82, 2.24) is 0 Å². The van der Waals surface area contributed by atoms with Gasteiger partial charge in [0.2, 0.25) is 0 Å². The van der Waals surface area contributed by atoms with Gasteiger partial charge >= 0.3 is 0 Å². The topological polar surface area (TPSA) is 0 Å². The lowest BCUT2D eigenvalue weighted by atomic mass is 9.46. The van der Waals surface area contributed by atoms with Crippen LogP contribution in [0.2, 0.25) is 0 Å². The maximum atomic E-state index is 14.8. The van der Waals surface area contributed by atoms with Gasteiger partial charge in [0.15, 0.2) is 0 Å². The first-order chi connectivity index (χ1) is 13.7. The predicted molar refractivity (Wildman–Crippen MR) is 122 cm³/mol. The second-order valence-corrected chi connectivity index (χ2v) is 12.7. The summed E-state index contributed by atoms with van der Waals surface area (Å²) in [7, 11) is 0. The third-order valence-electron chi connectivity index (χ3n) is 10.6. The molecule has 3 fully saturated rings. The Morgan fingerprint density at radius 1 is 1.07 bits per heavy atom. The molecule has 0 amide bonds. The van der Waals surface area contributed by atoms with Gasteiger partial charge in [0.25, 0.3) is 0 Å². The van der Waals surface area contributed by atoms with E-state index in [-0.39, 0.29) is 11.3 Å². The van der Waals surface area contributed by atoms with Crippen LogP contribution in [0.25, 0.3) is 0 Å². The zero-order chi connectivity index (χ0) is 21.0. The molecule has 4 rings (SSSR count). The molecule has 4 aliphatic carbocycles. The van der Waals surface area contributed by atoms with E-state index in [4.69, 9.17) is 0 Å². The van der Waals surface area contributed by atoms with Crippen LogP contribution >= 0.6 is 0 Å². The molecule has 0 nitrogen and oxygen atoms in total. The summed E-state index contributed by atoms with van der Waals surface area (Å²) < 4.78 is 14.8.